The van der Waals surface area contributed by atoms with Crippen LogP contribution in [0.15, 0.2) is 16.6 Å². The molecule has 1 N–H and O–H groups in total. The van der Waals surface area contributed by atoms with E-state index in [1.807, 2.05) is 6.92 Å². The van der Waals surface area contributed by atoms with Crippen molar-refractivity contribution in [1.29, 1.82) is 0 Å². The van der Waals surface area contributed by atoms with Crippen LogP contribution in [0.2, 0.25) is 0 Å². The zero-order chi connectivity index (χ0) is 11.6. The van der Waals surface area contributed by atoms with Gasteiger partial charge >= 0.3 is 0 Å². The number of rotatable bonds is 2. The van der Waals surface area contributed by atoms with E-state index in [4.69, 9.17) is 0 Å². The van der Waals surface area contributed by atoms with Crippen molar-refractivity contribution in [1.82, 2.24) is 4.98 Å². The lowest BCUT2D eigenvalue weighted by molar-refractivity contribution is 0.456. The highest BCUT2D eigenvalue weighted by Gasteiger charge is 2.65. The SMILES string of the molecule is Cc1nc(NC2C3C4CCC(C4)C23)ccc1Br. The predicted molar refractivity (Wildman–Crippen MR) is 71.9 cm³/mol. The van der Waals surface area contributed by atoms with Crippen molar-refractivity contribution in [3.63, 3.8) is 0 Å². The van der Waals surface area contributed by atoms with E-state index in [9.17, 15) is 0 Å². The summed E-state index contributed by atoms with van der Waals surface area (Å²) in [5, 5.41) is 3.65. The number of aromatic nitrogens is 1. The summed E-state index contributed by atoms with van der Waals surface area (Å²) >= 11 is 3.50. The molecule has 4 unspecified atom stereocenters. The topological polar surface area (TPSA) is 24.9 Å². The maximum Gasteiger partial charge on any atom is 0.126 e. The molecule has 3 aliphatic rings. The summed E-state index contributed by atoms with van der Waals surface area (Å²) in [6.07, 6.45) is 4.48. The minimum atomic E-state index is 0.731. The molecule has 1 heterocycles. The maximum absolute atomic E-state index is 4.59. The second-order valence-electron chi connectivity index (χ2n) is 5.92. The van der Waals surface area contributed by atoms with Crippen LogP contribution in [0.5, 0.6) is 0 Å². The molecule has 3 heteroatoms. The van der Waals surface area contributed by atoms with Crippen LogP contribution in [0.4, 0.5) is 5.82 Å². The Bertz CT molecular complexity index is 457. The number of nitrogens with one attached hydrogen (secondary N) is 1. The molecule has 3 fully saturated rings. The largest absolute Gasteiger partial charge is 0.367 e. The molecule has 3 aliphatic carbocycles. The van der Waals surface area contributed by atoms with E-state index in [-0.39, 0.29) is 0 Å². The fourth-order valence-electron chi connectivity index (χ4n) is 4.31. The van der Waals surface area contributed by atoms with Gasteiger partial charge in [-0.25, -0.2) is 4.98 Å². The monoisotopic (exact) mass is 292 g/mol. The molecule has 0 radical (unpaired) electrons. The summed E-state index contributed by atoms with van der Waals surface area (Å²) in [5.74, 6) is 5.06. The van der Waals surface area contributed by atoms with Gasteiger partial charge in [0.15, 0.2) is 0 Å². The summed E-state index contributed by atoms with van der Waals surface area (Å²) < 4.78 is 1.10. The first-order valence-corrected chi connectivity index (χ1v) is 7.43. The average Bonchev–Trinajstić information content (AvgIpc) is 2.73. The molecule has 4 rings (SSSR count). The Morgan fingerprint density at radius 1 is 1.24 bits per heavy atom. The average molecular weight is 293 g/mol. The molecular weight excluding hydrogens is 276 g/mol. The number of hydrogen-bond acceptors (Lipinski definition) is 2. The van der Waals surface area contributed by atoms with E-state index in [1.165, 1.54) is 19.3 Å². The lowest BCUT2D eigenvalue weighted by atomic mass is 10.0. The zero-order valence-corrected chi connectivity index (χ0v) is 11.6. The summed E-state index contributed by atoms with van der Waals surface area (Å²) in [7, 11) is 0. The minimum Gasteiger partial charge on any atom is -0.367 e. The second kappa shape index (κ2) is 3.47. The number of hydrogen-bond donors (Lipinski definition) is 1. The normalized spacial score (nSPS) is 41.4. The standard InChI is InChI=1S/C14H17BrN2/c1-7-10(15)4-5-11(16-7)17-14-12-8-2-3-9(6-8)13(12)14/h4-5,8-9,12-14H,2-3,6H2,1H3,(H,16,17). The maximum atomic E-state index is 4.59. The minimum absolute atomic E-state index is 0.731. The molecule has 0 aliphatic heterocycles. The van der Waals surface area contributed by atoms with Crippen LogP contribution in [-0.4, -0.2) is 11.0 Å². The first-order valence-electron chi connectivity index (χ1n) is 6.64. The molecule has 1 aromatic rings. The molecule has 0 aromatic carbocycles. The Morgan fingerprint density at radius 3 is 2.59 bits per heavy atom. The van der Waals surface area contributed by atoms with Crippen molar-refractivity contribution < 1.29 is 0 Å². The van der Waals surface area contributed by atoms with E-state index in [0.717, 1.165) is 45.7 Å². The van der Waals surface area contributed by atoms with Crippen molar-refractivity contribution in [3.8, 4) is 0 Å². The van der Waals surface area contributed by atoms with Gasteiger partial charge in [0.2, 0.25) is 0 Å². The van der Waals surface area contributed by atoms with Gasteiger partial charge in [0, 0.05) is 10.5 Å². The Labute approximate surface area is 110 Å². The van der Waals surface area contributed by atoms with Gasteiger partial charge in [0.05, 0.1) is 5.69 Å². The molecule has 1 aromatic heterocycles. The van der Waals surface area contributed by atoms with Crippen molar-refractivity contribution in [3.05, 3.63) is 22.3 Å². The lowest BCUT2D eigenvalue weighted by Crippen LogP contribution is -2.13. The fourth-order valence-corrected chi connectivity index (χ4v) is 4.53. The third-order valence-electron chi connectivity index (χ3n) is 5.07. The Kier molecular flexibility index (Phi) is 2.11. The van der Waals surface area contributed by atoms with Gasteiger partial charge in [-0.2, -0.15) is 0 Å². The number of aryl methyl sites for hydroxylation is 1. The van der Waals surface area contributed by atoms with Gasteiger partial charge in [-0.15, -0.1) is 0 Å². The van der Waals surface area contributed by atoms with Gasteiger partial charge in [-0.1, -0.05) is 0 Å². The van der Waals surface area contributed by atoms with E-state index >= 15 is 0 Å². The highest BCUT2D eigenvalue weighted by molar-refractivity contribution is 9.10. The molecule has 2 bridgehead atoms. The quantitative estimate of drug-likeness (QED) is 0.901. The van der Waals surface area contributed by atoms with Gasteiger partial charge in [-0.3, -0.25) is 0 Å². The van der Waals surface area contributed by atoms with Crippen molar-refractivity contribution in [2.45, 2.75) is 32.2 Å². The van der Waals surface area contributed by atoms with Crippen LogP contribution in [0.25, 0.3) is 0 Å². The van der Waals surface area contributed by atoms with Crippen LogP contribution in [0.1, 0.15) is 25.0 Å². The number of anilines is 1. The Morgan fingerprint density at radius 2 is 1.94 bits per heavy atom. The molecule has 0 saturated heterocycles. The van der Waals surface area contributed by atoms with Crippen LogP contribution in [0.3, 0.4) is 0 Å². The van der Waals surface area contributed by atoms with E-state index < -0.39 is 0 Å². The number of pyridine rings is 1. The second-order valence-corrected chi connectivity index (χ2v) is 6.78. The first kappa shape index (κ1) is 10.4. The Hall–Kier alpha value is -0.570. The van der Waals surface area contributed by atoms with E-state index in [1.54, 1.807) is 0 Å². The number of fused-ring (bicyclic) bond motifs is 5. The van der Waals surface area contributed by atoms with Gasteiger partial charge in [-0.05, 0) is 77.9 Å². The molecule has 3 saturated carbocycles. The van der Waals surface area contributed by atoms with E-state index in [2.05, 4.69) is 38.4 Å². The van der Waals surface area contributed by atoms with Crippen molar-refractivity contribution >= 4 is 21.7 Å². The molecule has 2 nitrogen and oxygen atoms in total. The highest BCUT2D eigenvalue weighted by Crippen LogP contribution is 2.66. The van der Waals surface area contributed by atoms with Crippen LogP contribution in [-0.2, 0) is 0 Å². The summed E-state index contributed by atoms with van der Waals surface area (Å²) in [6.45, 7) is 2.05. The fraction of sp³-hybridized carbons (Fsp3) is 0.643. The van der Waals surface area contributed by atoms with Gasteiger partial charge in [0.1, 0.15) is 5.82 Å². The Balaban J connectivity index is 1.51. The first-order chi connectivity index (χ1) is 8.24. The van der Waals surface area contributed by atoms with Gasteiger partial charge in [0.25, 0.3) is 0 Å². The molecule has 0 amide bonds. The third kappa shape index (κ3) is 1.48. The van der Waals surface area contributed by atoms with Gasteiger partial charge < -0.3 is 5.32 Å². The number of halogens is 1. The molecule has 0 spiro atoms. The predicted octanol–water partition coefficient (Wildman–Crippen LogP) is 3.61. The van der Waals surface area contributed by atoms with Crippen LogP contribution < -0.4 is 5.32 Å². The zero-order valence-electron chi connectivity index (χ0n) is 9.99. The van der Waals surface area contributed by atoms with Crippen molar-refractivity contribution in [2.24, 2.45) is 23.7 Å². The molecule has 90 valence electrons. The highest BCUT2D eigenvalue weighted by atomic mass is 79.9. The molecule has 17 heavy (non-hydrogen) atoms. The summed E-state index contributed by atoms with van der Waals surface area (Å²) in [4.78, 5) is 4.59. The molecule has 4 atom stereocenters. The smallest absolute Gasteiger partial charge is 0.126 e. The summed E-state index contributed by atoms with van der Waals surface area (Å²) in [5.41, 5.74) is 1.07. The van der Waals surface area contributed by atoms with E-state index in [0.29, 0.717) is 0 Å². The molecular formula is C14H17BrN2. The third-order valence-corrected chi connectivity index (χ3v) is 5.91. The summed E-state index contributed by atoms with van der Waals surface area (Å²) in [6, 6.07) is 4.92. The van der Waals surface area contributed by atoms with Crippen LogP contribution in [0, 0.1) is 30.6 Å². The van der Waals surface area contributed by atoms with Crippen LogP contribution >= 0.6 is 15.9 Å². The lowest BCUT2D eigenvalue weighted by Gasteiger charge is -2.11. The number of nitrogens with zero attached hydrogens (tertiary/aromatic N) is 1. The van der Waals surface area contributed by atoms with Crippen molar-refractivity contribution in [2.75, 3.05) is 5.32 Å².